The van der Waals surface area contributed by atoms with E-state index in [1.54, 1.807) is 18.2 Å². The summed E-state index contributed by atoms with van der Waals surface area (Å²) in [6, 6.07) is 4.93. The molecule has 2 atom stereocenters. The topological polar surface area (TPSA) is 64.3 Å². The van der Waals surface area contributed by atoms with Gasteiger partial charge in [0, 0.05) is 6.61 Å². The number of benzene rings is 1. The zero-order valence-corrected chi connectivity index (χ0v) is 11.8. The van der Waals surface area contributed by atoms with Crippen molar-refractivity contribution in [1.29, 1.82) is 0 Å². The van der Waals surface area contributed by atoms with Gasteiger partial charge in [-0.2, -0.15) is 0 Å². The van der Waals surface area contributed by atoms with Crippen molar-refractivity contribution in [1.82, 2.24) is 9.55 Å². The highest BCUT2D eigenvalue weighted by Crippen LogP contribution is 2.27. The Morgan fingerprint density at radius 1 is 1.65 bits per heavy atom. The summed E-state index contributed by atoms with van der Waals surface area (Å²) in [5.74, 6) is -0.195. The van der Waals surface area contributed by atoms with Crippen LogP contribution in [0.5, 0.6) is 0 Å². The molecule has 1 fully saturated rings. The van der Waals surface area contributed by atoms with E-state index in [0.29, 0.717) is 6.54 Å². The zero-order chi connectivity index (χ0) is 14.3. The van der Waals surface area contributed by atoms with Crippen LogP contribution in [0.2, 0.25) is 0 Å². The largest absolute Gasteiger partial charge is 0.478 e. The second-order valence-electron chi connectivity index (χ2n) is 4.99. The van der Waals surface area contributed by atoms with Crippen LogP contribution in [0.4, 0.5) is 0 Å². The quantitative estimate of drug-likeness (QED) is 0.881. The Bertz CT molecular complexity index is 662. The third-order valence-corrected chi connectivity index (χ3v) is 3.76. The van der Waals surface area contributed by atoms with Crippen molar-refractivity contribution in [2.45, 2.75) is 31.4 Å². The van der Waals surface area contributed by atoms with Crippen LogP contribution in [0.1, 0.15) is 34.9 Å². The van der Waals surface area contributed by atoms with Gasteiger partial charge in [-0.1, -0.05) is 0 Å². The van der Waals surface area contributed by atoms with Crippen LogP contribution in [-0.4, -0.2) is 33.3 Å². The SMILES string of the molecule is C[C@@H](Cl)c1nc2ccc(C(=O)O)cc2n1C[C@@H]1CCO1. The van der Waals surface area contributed by atoms with Crippen molar-refractivity contribution >= 4 is 28.6 Å². The van der Waals surface area contributed by atoms with E-state index < -0.39 is 5.97 Å². The number of alkyl halides is 1. The van der Waals surface area contributed by atoms with Gasteiger partial charge in [-0.3, -0.25) is 0 Å². The molecule has 1 N–H and O–H groups in total. The van der Waals surface area contributed by atoms with Gasteiger partial charge in [0.25, 0.3) is 0 Å². The first kappa shape index (κ1) is 13.4. The lowest BCUT2D eigenvalue weighted by Crippen LogP contribution is -2.31. The van der Waals surface area contributed by atoms with Crippen molar-refractivity contribution in [2.24, 2.45) is 0 Å². The summed E-state index contributed by atoms with van der Waals surface area (Å²) in [4.78, 5) is 15.6. The second kappa shape index (κ2) is 5.07. The smallest absolute Gasteiger partial charge is 0.335 e. The van der Waals surface area contributed by atoms with Crippen LogP contribution in [0, 0.1) is 0 Å². The molecular weight excluding hydrogens is 280 g/mol. The number of ether oxygens (including phenoxy) is 1. The van der Waals surface area contributed by atoms with E-state index in [9.17, 15) is 4.79 Å². The first-order valence-electron chi connectivity index (χ1n) is 6.55. The van der Waals surface area contributed by atoms with E-state index in [1.807, 2.05) is 11.5 Å². The molecule has 106 valence electrons. The molecule has 0 radical (unpaired) electrons. The Balaban J connectivity index is 2.11. The van der Waals surface area contributed by atoms with Crippen LogP contribution < -0.4 is 0 Å². The van der Waals surface area contributed by atoms with E-state index >= 15 is 0 Å². The Kier molecular flexibility index (Phi) is 3.40. The zero-order valence-electron chi connectivity index (χ0n) is 11.0. The van der Waals surface area contributed by atoms with Gasteiger partial charge in [-0.15, -0.1) is 11.6 Å². The number of fused-ring (bicyclic) bond motifs is 1. The molecule has 1 aromatic heterocycles. The third-order valence-electron chi connectivity index (χ3n) is 3.56. The molecule has 2 heterocycles. The fourth-order valence-corrected chi connectivity index (χ4v) is 2.57. The van der Waals surface area contributed by atoms with E-state index in [-0.39, 0.29) is 17.0 Å². The minimum Gasteiger partial charge on any atom is -0.478 e. The van der Waals surface area contributed by atoms with E-state index in [1.165, 1.54) is 0 Å². The molecule has 5 nitrogen and oxygen atoms in total. The highest BCUT2D eigenvalue weighted by atomic mass is 35.5. The summed E-state index contributed by atoms with van der Waals surface area (Å²) in [5, 5.41) is 8.87. The van der Waals surface area contributed by atoms with Crippen molar-refractivity contribution < 1.29 is 14.6 Å². The minimum atomic E-state index is -0.944. The first-order chi connectivity index (χ1) is 9.56. The number of carboxylic acid groups (broad SMARTS) is 1. The van der Waals surface area contributed by atoms with Gasteiger partial charge in [0.1, 0.15) is 5.82 Å². The predicted molar refractivity (Wildman–Crippen MR) is 75.3 cm³/mol. The van der Waals surface area contributed by atoms with Crippen molar-refractivity contribution in [3.8, 4) is 0 Å². The number of halogens is 1. The molecule has 1 saturated heterocycles. The number of carboxylic acids is 1. The number of hydrogen-bond donors (Lipinski definition) is 1. The second-order valence-corrected chi connectivity index (χ2v) is 5.64. The highest BCUT2D eigenvalue weighted by molar-refractivity contribution is 6.20. The van der Waals surface area contributed by atoms with Crippen molar-refractivity contribution in [2.75, 3.05) is 6.61 Å². The predicted octanol–water partition coefficient (Wildman–Crippen LogP) is 2.82. The molecule has 20 heavy (non-hydrogen) atoms. The molecule has 0 amide bonds. The number of hydrogen-bond acceptors (Lipinski definition) is 3. The first-order valence-corrected chi connectivity index (χ1v) is 6.99. The summed E-state index contributed by atoms with van der Waals surface area (Å²) < 4.78 is 7.43. The van der Waals surface area contributed by atoms with Gasteiger partial charge < -0.3 is 14.4 Å². The maximum absolute atomic E-state index is 11.1. The molecule has 1 aromatic carbocycles. The number of aromatic nitrogens is 2. The van der Waals surface area contributed by atoms with Crippen molar-refractivity contribution in [3.63, 3.8) is 0 Å². The number of aromatic carboxylic acids is 1. The summed E-state index contributed by atoms with van der Waals surface area (Å²) in [5.41, 5.74) is 1.81. The lowest BCUT2D eigenvalue weighted by Gasteiger charge is -2.27. The molecule has 0 saturated carbocycles. The lowest BCUT2D eigenvalue weighted by atomic mass is 10.1. The molecule has 0 spiro atoms. The molecule has 0 bridgehead atoms. The third kappa shape index (κ3) is 2.27. The van der Waals surface area contributed by atoms with Crippen LogP contribution in [0.15, 0.2) is 18.2 Å². The van der Waals surface area contributed by atoms with Gasteiger partial charge in [0.05, 0.1) is 34.6 Å². The molecule has 6 heteroatoms. The Hall–Kier alpha value is -1.59. The monoisotopic (exact) mass is 294 g/mol. The van der Waals surface area contributed by atoms with Gasteiger partial charge in [-0.05, 0) is 31.5 Å². The molecule has 1 aliphatic rings. The fraction of sp³-hybridized carbons (Fsp3) is 0.429. The minimum absolute atomic E-state index is 0.162. The molecule has 1 aliphatic heterocycles. The Morgan fingerprint density at radius 2 is 2.40 bits per heavy atom. The van der Waals surface area contributed by atoms with Crippen molar-refractivity contribution in [3.05, 3.63) is 29.6 Å². The van der Waals surface area contributed by atoms with Gasteiger partial charge >= 0.3 is 5.97 Å². The van der Waals surface area contributed by atoms with Gasteiger partial charge in [0.15, 0.2) is 0 Å². The average Bonchev–Trinajstić information content (AvgIpc) is 2.71. The van der Waals surface area contributed by atoms with E-state index in [2.05, 4.69) is 4.98 Å². The molecule has 0 unspecified atom stereocenters. The van der Waals surface area contributed by atoms with Gasteiger partial charge in [0.2, 0.25) is 0 Å². The molecule has 0 aliphatic carbocycles. The lowest BCUT2D eigenvalue weighted by molar-refractivity contribution is -0.0590. The maximum Gasteiger partial charge on any atom is 0.335 e. The van der Waals surface area contributed by atoms with Crippen LogP contribution in [-0.2, 0) is 11.3 Å². The molecule has 2 aromatic rings. The maximum atomic E-state index is 11.1. The summed E-state index contributed by atoms with van der Waals surface area (Å²) >= 11 is 6.19. The molecular formula is C14H15ClN2O3. The number of rotatable bonds is 4. The number of imidazole rings is 1. The van der Waals surface area contributed by atoms with Crippen LogP contribution >= 0.6 is 11.6 Å². The molecule has 3 rings (SSSR count). The Morgan fingerprint density at radius 3 is 2.95 bits per heavy atom. The van der Waals surface area contributed by atoms with E-state index in [4.69, 9.17) is 21.4 Å². The number of nitrogens with zero attached hydrogens (tertiary/aromatic N) is 2. The summed E-state index contributed by atoms with van der Waals surface area (Å²) in [6.07, 6.45) is 1.17. The van der Waals surface area contributed by atoms with Crippen LogP contribution in [0.25, 0.3) is 11.0 Å². The Labute approximate surface area is 121 Å². The number of carbonyl (C=O) groups is 1. The average molecular weight is 295 g/mol. The van der Waals surface area contributed by atoms with Crippen LogP contribution in [0.3, 0.4) is 0 Å². The highest BCUT2D eigenvalue weighted by Gasteiger charge is 2.23. The fourth-order valence-electron chi connectivity index (χ4n) is 2.40. The van der Waals surface area contributed by atoms with E-state index in [0.717, 1.165) is 29.9 Å². The summed E-state index contributed by atoms with van der Waals surface area (Å²) in [6.45, 7) is 3.30. The summed E-state index contributed by atoms with van der Waals surface area (Å²) in [7, 11) is 0. The standard InChI is InChI=1S/C14H15ClN2O3/c1-8(15)13-16-11-3-2-9(14(18)19)6-12(11)17(13)7-10-4-5-20-10/h2-3,6,8,10H,4-5,7H2,1H3,(H,18,19)/t8-,10+/m1/s1. The van der Waals surface area contributed by atoms with Gasteiger partial charge in [-0.25, -0.2) is 9.78 Å². The normalized spacial score (nSPS) is 19.8.